The third kappa shape index (κ3) is 11.0. The number of carbonyl (C=O) groups is 6. The molecular weight excluding hydrogens is 624 g/mol. The second-order valence-corrected chi connectivity index (χ2v) is 12.1. The molecule has 0 unspecified atom stereocenters. The Balaban J connectivity index is 1.74. The molecule has 1 saturated heterocycles. The molecule has 0 radical (unpaired) electrons. The number of nitrogens with zero attached hydrogens (tertiary/aromatic N) is 1. The van der Waals surface area contributed by atoms with Crippen LogP contribution in [0.1, 0.15) is 51.5 Å². The third-order valence-corrected chi connectivity index (χ3v) is 7.80. The summed E-state index contributed by atoms with van der Waals surface area (Å²) in [6, 6.07) is 1.74. The Kier molecular flexibility index (Phi) is 13.7. The van der Waals surface area contributed by atoms with Gasteiger partial charge in [-0.15, -0.1) is 0 Å². The van der Waals surface area contributed by atoms with Gasteiger partial charge < -0.3 is 53.9 Å². The molecule has 0 saturated carbocycles. The molecule has 48 heavy (non-hydrogen) atoms. The Morgan fingerprint density at radius 3 is 2.21 bits per heavy atom. The predicted octanol–water partition coefficient (Wildman–Crippen LogP) is -2.49. The molecule has 2 heterocycles. The number of nitrogens with two attached hydrogens (primary N) is 3. The summed E-state index contributed by atoms with van der Waals surface area (Å²) < 4.78 is 0. The molecule has 17 heteroatoms. The summed E-state index contributed by atoms with van der Waals surface area (Å²) in [4.78, 5) is 83.8. The second-order valence-electron chi connectivity index (χ2n) is 12.1. The molecule has 0 aliphatic carbocycles. The van der Waals surface area contributed by atoms with Crippen molar-refractivity contribution < 1.29 is 33.9 Å². The highest BCUT2D eigenvalue weighted by molar-refractivity contribution is 5.97. The fourth-order valence-electron chi connectivity index (χ4n) is 5.31. The molecule has 262 valence electrons. The van der Waals surface area contributed by atoms with Gasteiger partial charge in [-0.05, 0) is 43.2 Å². The molecule has 13 N–H and O–H groups in total. The lowest BCUT2D eigenvalue weighted by atomic mass is 10.0. The fraction of sp³-hybridized carbons (Fsp3) is 0.516. The van der Waals surface area contributed by atoms with Gasteiger partial charge in [0.15, 0.2) is 5.96 Å². The zero-order valence-electron chi connectivity index (χ0n) is 27.1. The van der Waals surface area contributed by atoms with Crippen molar-refractivity contribution in [3.8, 4) is 0 Å². The molecule has 1 fully saturated rings. The molecule has 1 aromatic carbocycles. The van der Waals surface area contributed by atoms with Crippen molar-refractivity contribution in [1.82, 2.24) is 31.6 Å². The van der Waals surface area contributed by atoms with Crippen molar-refractivity contribution in [2.24, 2.45) is 28.1 Å². The van der Waals surface area contributed by atoms with Gasteiger partial charge in [0.05, 0.1) is 6.61 Å². The third-order valence-electron chi connectivity index (χ3n) is 7.80. The number of nitrogens with one attached hydrogen (secondary N) is 6. The van der Waals surface area contributed by atoms with Gasteiger partial charge in [0.1, 0.15) is 30.2 Å². The van der Waals surface area contributed by atoms with E-state index in [0.29, 0.717) is 0 Å². The number of hydrogen-bond donors (Lipinski definition) is 10. The first kappa shape index (κ1) is 37.3. The summed E-state index contributed by atoms with van der Waals surface area (Å²) in [5, 5.41) is 23.5. The van der Waals surface area contributed by atoms with Crippen LogP contribution in [0.15, 0.2) is 35.5 Å². The highest BCUT2D eigenvalue weighted by Crippen LogP contribution is 2.19. The van der Waals surface area contributed by atoms with Crippen LogP contribution in [0, 0.1) is 5.92 Å². The molecular formula is C31H46N10O7. The zero-order chi connectivity index (χ0) is 35.4. The summed E-state index contributed by atoms with van der Waals surface area (Å²) in [7, 11) is 0. The summed E-state index contributed by atoms with van der Waals surface area (Å²) >= 11 is 0. The number of aromatic nitrogens is 1. The zero-order valence-corrected chi connectivity index (χ0v) is 27.1. The Labute approximate surface area is 277 Å². The molecule has 1 aliphatic heterocycles. The van der Waals surface area contributed by atoms with Gasteiger partial charge in [-0.3, -0.25) is 33.8 Å². The van der Waals surface area contributed by atoms with Crippen LogP contribution in [0.4, 0.5) is 0 Å². The number of H-pyrrole nitrogens is 1. The van der Waals surface area contributed by atoms with E-state index in [9.17, 15) is 33.9 Å². The lowest BCUT2D eigenvalue weighted by Gasteiger charge is -2.27. The van der Waals surface area contributed by atoms with Crippen molar-refractivity contribution in [1.29, 1.82) is 0 Å². The molecule has 6 amide bonds. The number of guanidine groups is 1. The second kappa shape index (κ2) is 17.7. The summed E-state index contributed by atoms with van der Waals surface area (Å²) in [5.41, 5.74) is 18.1. The molecule has 17 nitrogen and oxygen atoms in total. The number of para-hydroxylation sites is 1. The largest absolute Gasteiger partial charge is 0.394 e. The highest BCUT2D eigenvalue weighted by atomic mass is 16.3. The lowest BCUT2D eigenvalue weighted by Crippen LogP contribution is -2.59. The van der Waals surface area contributed by atoms with Gasteiger partial charge in [-0.1, -0.05) is 32.0 Å². The van der Waals surface area contributed by atoms with Crippen molar-refractivity contribution in [3.63, 3.8) is 0 Å². The Bertz CT molecular complexity index is 1500. The van der Waals surface area contributed by atoms with Gasteiger partial charge in [0.25, 0.3) is 0 Å². The monoisotopic (exact) mass is 670 g/mol. The molecule has 2 aromatic rings. The first-order chi connectivity index (χ1) is 22.8. The summed E-state index contributed by atoms with van der Waals surface area (Å²) in [6.07, 6.45) is 2.71. The van der Waals surface area contributed by atoms with Crippen LogP contribution in [0.5, 0.6) is 0 Å². The van der Waals surface area contributed by atoms with Gasteiger partial charge in [-0.2, -0.15) is 0 Å². The number of carbonyl (C=O) groups excluding carboxylic acids is 6. The highest BCUT2D eigenvalue weighted by Gasteiger charge is 2.33. The average molecular weight is 671 g/mol. The van der Waals surface area contributed by atoms with E-state index >= 15 is 0 Å². The Morgan fingerprint density at radius 2 is 1.58 bits per heavy atom. The van der Waals surface area contributed by atoms with Crippen LogP contribution < -0.4 is 43.8 Å². The standard InChI is InChI=1S/C31H46N10O7/c1-16(2)12-23(40-30(48)24(15-42)41-28(46)21-9-10-25(43)37-21)29(47)38-20(8-5-11-35-31(33)34)27(45)39-22(26(32)44)13-17-14-36-19-7-4-3-6-18(17)19/h3-4,6-7,14,16,20-24,36,42H,5,8-13,15H2,1-2H3,(H2,32,44)(H,37,43)(H,38,47)(H,39,45)(H,40,48)(H,41,46)(H4,33,34,35)/t20-,21-,22+,23-,24-/m0/s1. The van der Waals surface area contributed by atoms with Crippen molar-refractivity contribution in [3.05, 3.63) is 36.0 Å². The van der Waals surface area contributed by atoms with E-state index in [-0.39, 0.29) is 62.9 Å². The SMILES string of the molecule is CC(C)C[C@H](NC(=O)[C@H](CO)NC(=O)[C@@H]1CCC(=O)N1)C(=O)N[C@@H](CCCN=C(N)N)C(=O)N[C@H](Cc1c[nH]c2ccccc12)C(N)=O. The van der Waals surface area contributed by atoms with E-state index < -0.39 is 66.4 Å². The average Bonchev–Trinajstić information content (AvgIpc) is 3.66. The minimum absolute atomic E-state index is 0.0672. The molecule has 3 rings (SSSR count). The van der Waals surface area contributed by atoms with Crippen LogP contribution in [0.2, 0.25) is 0 Å². The first-order valence-corrected chi connectivity index (χ1v) is 15.8. The number of amides is 6. The van der Waals surface area contributed by atoms with Crippen molar-refractivity contribution >= 4 is 52.3 Å². The number of aliphatic hydroxyl groups is 1. The molecule has 1 aliphatic rings. The number of aliphatic imine (C=N–C) groups is 1. The number of aliphatic hydroxyl groups excluding tert-OH is 1. The van der Waals surface area contributed by atoms with Crippen LogP contribution in [0.25, 0.3) is 10.9 Å². The number of primary amides is 1. The van der Waals surface area contributed by atoms with Crippen LogP contribution in [0.3, 0.4) is 0 Å². The van der Waals surface area contributed by atoms with Gasteiger partial charge in [-0.25, -0.2) is 0 Å². The molecule has 0 bridgehead atoms. The smallest absolute Gasteiger partial charge is 0.245 e. The Morgan fingerprint density at radius 1 is 0.938 bits per heavy atom. The number of fused-ring (bicyclic) bond motifs is 1. The van der Waals surface area contributed by atoms with E-state index in [1.54, 1.807) is 6.20 Å². The van der Waals surface area contributed by atoms with E-state index in [1.807, 2.05) is 38.1 Å². The maximum absolute atomic E-state index is 13.6. The van der Waals surface area contributed by atoms with Crippen molar-refractivity contribution in [2.45, 2.75) is 82.6 Å². The maximum Gasteiger partial charge on any atom is 0.245 e. The van der Waals surface area contributed by atoms with E-state index in [2.05, 4.69) is 36.6 Å². The van der Waals surface area contributed by atoms with Gasteiger partial charge >= 0.3 is 0 Å². The van der Waals surface area contributed by atoms with Crippen LogP contribution in [-0.2, 0) is 35.2 Å². The summed E-state index contributed by atoms with van der Waals surface area (Å²) in [5.74, 6) is -4.20. The molecule has 5 atom stereocenters. The number of rotatable bonds is 18. The molecule has 1 aromatic heterocycles. The number of aromatic amines is 1. The predicted molar refractivity (Wildman–Crippen MR) is 177 cm³/mol. The van der Waals surface area contributed by atoms with Crippen molar-refractivity contribution in [2.75, 3.05) is 13.2 Å². The lowest BCUT2D eigenvalue weighted by molar-refractivity contribution is -0.135. The normalized spacial score (nSPS) is 16.7. The quantitative estimate of drug-likeness (QED) is 0.0455. The molecule has 0 spiro atoms. The maximum atomic E-state index is 13.6. The van der Waals surface area contributed by atoms with Gasteiger partial charge in [0.2, 0.25) is 35.4 Å². The summed E-state index contributed by atoms with van der Waals surface area (Å²) in [6.45, 7) is 3.03. The fourth-order valence-corrected chi connectivity index (χ4v) is 5.31. The first-order valence-electron chi connectivity index (χ1n) is 15.8. The van der Waals surface area contributed by atoms with E-state index in [4.69, 9.17) is 17.2 Å². The van der Waals surface area contributed by atoms with Gasteiger partial charge in [0, 0.05) is 36.5 Å². The van der Waals surface area contributed by atoms with E-state index in [1.165, 1.54) is 0 Å². The van der Waals surface area contributed by atoms with Crippen LogP contribution in [-0.4, -0.2) is 94.9 Å². The van der Waals surface area contributed by atoms with Crippen LogP contribution >= 0.6 is 0 Å². The number of benzene rings is 1. The topological polar surface area (TPSA) is 289 Å². The Hall–Kier alpha value is -5.19. The number of hydrogen-bond acceptors (Lipinski definition) is 8. The minimum Gasteiger partial charge on any atom is -0.394 e. The minimum atomic E-state index is -1.41. The van der Waals surface area contributed by atoms with E-state index in [0.717, 1.165) is 16.5 Å².